The molecule has 9 heteroatoms. The summed E-state index contributed by atoms with van der Waals surface area (Å²) in [7, 11) is 0. The van der Waals surface area contributed by atoms with Crippen molar-refractivity contribution in [2.75, 3.05) is 6.54 Å². The first kappa shape index (κ1) is 17.7. The van der Waals surface area contributed by atoms with Gasteiger partial charge in [-0.3, -0.25) is 4.79 Å². The van der Waals surface area contributed by atoms with Crippen LogP contribution in [0.3, 0.4) is 0 Å². The molecule has 2 rings (SSSR count). The number of halogens is 5. The van der Waals surface area contributed by atoms with Crippen LogP contribution in [-0.4, -0.2) is 22.7 Å². The minimum Gasteiger partial charge on any atom is -0.503 e. The van der Waals surface area contributed by atoms with Crippen LogP contribution >= 0.6 is 0 Å². The second-order valence-corrected chi connectivity index (χ2v) is 4.74. The summed E-state index contributed by atoms with van der Waals surface area (Å²) in [6.45, 7) is -0.740. The van der Waals surface area contributed by atoms with Gasteiger partial charge in [0.1, 0.15) is 17.7 Å². The maximum Gasteiger partial charge on any atom is 0.254 e. The standard InChI is InChI=1S/C15H10F5NO3/c16-7-2-1-3-8(17)11(7)10(22)5-21-15(24)6-4-9(18)13(20)14(23)12(6)19/h1-4,10,22-23H,5H2,(H,21,24)/t10-/m0/s1. The Morgan fingerprint density at radius 1 is 1.04 bits per heavy atom. The molecule has 3 N–H and O–H groups in total. The van der Waals surface area contributed by atoms with Crippen molar-refractivity contribution in [3.63, 3.8) is 0 Å². The summed E-state index contributed by atoms with van der Waals surface area (Å²) < 4.78 is 66.6. The Bertz CT molecular complexity index is 777. The second kappa shape index (κ2) is 6.83. The Balaban J connectivity index is 2.17. The van der Waals surface area contributed by atoms with Gasteiger partial charge in [0, 0.05) is 6.54 Å². The lowest BCUT2D eigenvalue weighted by Gasteiger charge is -2.14. The van der Waals surface area contributed by atoms with Crippen molar-refractivity contribution in [3.05, 3.63) is 64.5 Å². The largest absolute Gasteiger partial charge is 0.503 e. The molecular weight excluding hydrogens is 337 g/mol. The molecule has 1 amide bonds. The van der Waals surface area contributed by atoms with Gasteiger partial charge in [-0.25, -0.2) is 17.6 Å². The Hall–Kier alpha value is -2.68. The number of phenols is 1. The van der Waals surface area contributed by atoms with E-state index in [0.717, 1.165) is 18.2 Å². The Labute approximate surface area is 132 Å². The maximum absolute atomic E-state index is 13.6. The number of carbonyl (C=O) groups excluding carboxylic acids is 1. The maximum atomic E-state index is 13.6. The van der Waals surface area contributed by atoms with Gasteiger partial charge < -0.3 is 15.5 Å². The molecule has 0 aliphatic rings. The van der Waals surface area contributed by atoms with Gasteiger partial charge in [-0.1, -0.05) is 6.07 Å². The van der Waals surface area contributed by atoms with Crippen LogP contribution in [-0.2, 0) is 0 Å². The number of aliphatic hydroxyl groups is 1. The van der Waals surface area contributed by atoms with E-state index in [-0.39, 0.29) is 6.07 Å². The molecule has 0 spiro atoms. The third kappa shape index (κ3) is 3.30. The van der Waals surface area contributed by atoms with Crippen LogP contribution in [0.5, 0.6) is 5.75 Å². The van der Waals surface area contributed by atoms with Gasteiger partial charge in [0.05, 0.1) is 11.1 Å². The average Bonchev–Trinajstić information content (AvgIpc) is 2.53. The van der Waals surface area contributed by atoms with Gasteiger partial charge in [-0.2, -0.15) is 4.39 Å². The molecular formula is C15H10F5NO3. The number of phenolic OH excluding ortho intramolecular Hbond substituents is 1. The monoisotopic (exact) mass is 347 g/mol. The van der Waals surface area contributed by atoms with Gasteiger partial charge in [0.25, 0.3) is 5.91 Å². The Morgan fingerprint density at radius 3 is 2.21 bits per heavy atom. The first-order valence-corrected chi connectivity index (χ1v) is 6.50. The second-order valence-electron chi connectivity index (χ2n) is 4.74. The number of hydrogen-bond acceptors (Lipinski definition) is 3. The fraction of sp³-hybridized carbons (Fsp3) is 0.133. The van der Waals surface area contributed by atoms with Gasteiger partial charge >= 0.3 is 0 Å². The molecule has 4 nitrogen and oxygen atoms in total. The highest BCUT2D eigenvalue weighted by Crippen LogP contribution is 2.26. The average molecular weight is 347 g/mol. The highest BCUT2D eigenvalue weighted by Gasteiger charge is 2.24. The quantitative estimate of drug-likeness (QED) is 0.588. The van der Waals surface area contributed by atoms with Crippen LogP contribution in [0.15, 0.2) is 24.3 Å². The van der Waals surface area contributed by atoms with E-state index in [9.17, 15) is 31.9 Å². The number of aliphatic hydroxyl groups excluding tert-OH is 1. The van der Waals surface area contributed by atoms with Crippen LogP contribution in [0.4, 0.5) is 22.0 Å². The zero-order valence-electron chi connectivity index (χ0n) is 11.8. The smallest absolute Gasteiger partial charge is 0.254 e. The van der Waals surface area contributed by atoms with E-state index in [4.69, 9.17) is 5.11 Å². The zero-order chi connectivity index (χ0) is 18.0. The molecule has 0 heterocycles. The van der Waals surface area contributed by atoms with E-state index in [2.05, 4.69) is 0 Å². The zero-order valence-corrected chi connectivity index (χ0v) is 11.8. The summed E-state index contributed by atoms with van der Waals surface area (Å²) in [6, 6.07) is 3.04. The number of carbonyl (C=O) groups is 1. The number of amides is 1. The van der Waals surface area contributed by atoms with E-state index < -0.39 is 64.5 Å². The first-order valence-electron chi connectivity index (χ1n) is 6.50. The fourth-order valence-electron chi connectivity index (χ4n) is 1.97. The third-order valence-electron chi connectivity index (χ3n) is 3.17. The lowest BCUT2D eigenvalue weighted by Crippen LogP contribution is -2.30. The highest BCUT2D eigenvalue weighted by molar-refractivity contribution is 5.95. The van der Waals surface area contributed by atoms with Gasteiger partial charge in [0.2, 0.25) is 5.82 Å². The lowest BCUT2D eigenvalue weighted by atomic mass is 10.1. The predicted octanol–water partition coefficient (Wildman–Crippen LogP) is 2.55. The molecule has 1 atom stereocenters. The van der Waals surface area contributed by atoms with Crippen molar-refractivity contribution in [3.8, 4) is 5.75 Å². The number of hydrogen-bond donors (Lipinski definition) is 3. The van der Waals surface area contributed by atoms with E-state index in [0.29, 0.717) is 0 Å². The number of nitrogens with one attached hydrogen (secondary N) is 1. The normalized spacial score (nSPS) is 12.1. The number of aromatic hydroxyl groups is 1. The highest BCUT2D eigenvalue weighted by atomic mass is 19.2. The minimum absolute atomic E-state index is 0.204. The van der Waals surface area contributed by atoms with Crippen molar-refractivity contribution in [1.29, 1.82) is 0 Å². The summed E-state index contributed by atoms with van der Waals surface area (Å²) >= 11 is 0. The summed E-state index contributed by atoms with van der Waals surface area (Å²) in [5, 5.41) is 20.7. The van der Waals surface area contributed by atoms with Crippen molar-refractivity contribution in [2.45, 2.75) is 6.10 Å². The van der Waals surface area contributed by atoms with Crippen LogP contribution in [0.25, 0.3) is 0 Å². The van der Waals surface area contributed by atoms with E-state index in [1.807, 2.05) is 5.32 Å². The van der Waals surface area contributed by atoms with E-state index in [1.165, 1.54) is 0 Å². The molecule has 0 unspecified atom stereocenters. The third-order valence-corrected chi connectivity index (χ3v) is 3.17. The van der Waals surface area contributed by atoms with Crippen LogP contribution in [0.1, 0.15) is 22.0 Å². The lowest BCUT2D eigenvalue weighted by molar-refractivity contribution is 0.0905. The summed E-state index contributed by atoms with van der Waals surface area (Å²) in [6.07, 6.45) is -1.81. The summed E-state index contributed by atoms with van der Waals surface area (Å²) in [5.74, 6) is -10.4. The molecule has 2 aromatic carbocycles. The van der Waals surface area contributed by atoms with Gasteiger partial charge in [0.15, 0.2) is 17.4 Å². The molecule has 0 aliphatic heterocycles. The van der Waals surface area contributed by atoms with Crippen LogP contribution in [0, 0.1) is 29.1 Å². The van der Waals surface area contributed by atoms with Crippen molar-refractivity contribution >= 4 is 5.91 Å². The summed E-state index contributed by atoms with van der Waals surface area (Å²) in [4.78, 5) is 11.7. The molecule has 0 bridgehead atoms. The van der Waals surface area contributed by atoms with E-state index >= 15 is 0 Å². The minimum atomic E-state index is -1.86. The molecule has 0 saturated heterocycles. The molecule has 0 aliphatic carbocycles. The van der Waals surface area contributed by atoms with Crippen LogP contribution in [0.2, 0.25) is 0 Å². The Morgan fingerprint density at radius 2 is 1.62 bits per heavy atom. The molecule has 128 valence electrons. The molecule has 0 fully saturated rings. The number of benzene rings is 2. The van der Waals surface area contributed by atoms with Gasteiger partial charge in [-0.15, -0.1) is 0 Å². The predicted molar refractivity (Wildman–Crippen MR) is 71.6 cm³/mol. The van der Waals surface area contributed by atoms with E-state index in [1.54, 1.807) is 0 Å². The molecule has 2 aromatic rings. The molecule has 24 heavy (non-hydrogen) atoms. The Kier molecular flexibility index (Phi) is 5.03. The molecule has 0 saturated carbocycles. The van der Waals surface area contributed by atoms with Crippen molar-refractivity contribution < 1.29 is 37.0 Å². The van der Waals surface area contributed by atoms with Gasteiger partial charge in [-0.05, 0) is 18.2 Å². The van der Waals surface area contributed by atoms with Crippen LogP contribution < -0.4 is 5.32 Å². The molecule has 0 radical (unpaired) electrons. The number of rotatable bonds is 4. The summed E-state index contributed by atoms with van der Waals surface area (Å²) in [5.41, 5.74) is -1.75. The van der Waals surface area contributed by atoms with Crippen molar-refractivity contribution in [2.24, 2.45) is 0 Å². The van der Waals surface area contributed by atoms with Crippen molar-refractivity contribution in [1.82, 2.24) is 5.32 Å². The SMILES string of the molecule is O=C(NC[C@H](O)c1c(F)cccc1F)c1cc(F)c(F)c(O)c1F. The first-order chi connectivity index (χ1) is 11.2. The molecule has 0 aromatic heterocycles. The topological polar surface area (TPSA) is 69.6 Å². The fourth-order valence-corrected chi connectivity index (χ4v) is 1.97.